The van der Waals surface area contributed by atoms with E-state index < -0.39 is 0 Å². The fraction of sp³-hybridized carbons (Fsp3) is 0.500. The van der Waals surface area contributed by atoms with Crippen LogP contribution in [0.25, 0.3) is 0 Å². The van der Waals surface area contributed by atoms with E-state index in [2.05, 4.69) is 27.6 Å². The maximum absolute atomic E-state index is 10.1. The molecule has 1 aliphatic heterocycles. The summed E-state index contributed by atoms with van der Waals surface area (Å²) >= 11 is 0. The van der Waals surface area contributed by atoms with E-state index in [0.717, 1.165) is 26.2 Å². The van der Waals surface area contributed by atoms with Crippen LogP contribution in [0.1, 0.15) is 34.8 Å². The molecule has 0 amide bonds. The second-order valence-electron chi connectivity index (χ2n) is 6.23. The van der Waals surface area contributed by atoms with Gasteiger partial charge in [-0.05, 0) is 11.6 Å². The number of nitrogens with zero attached hydrogens (tertiary/aromatic N) is 4. The van der Waals surface area contributed by atoms with E-state index in [-0.39, 0.29) is 36.9 Å². The van der Waals surface area contributed by atoms with Crippen molar-refractivity contribution in [2.45, 2.75) is 28.8 Å². The van der Waals surface area contributed by atoms with Crippen LogP contribution in [0.3, 0.4) is 0 Å². The van der Waals surface area contributed by atoms with Crippen LogP contribution >= 0.6 is 0 Å². The van der Waals surface area contributed by atoms with Crippen LogP contribution in [0.4, 0.5) is 0 Å². The number of hydroxylamine groups is 2. The summed E-state index contributed by atoms with van der Waals surface area (Å²) in [5.41, 5.74) is 7.72. The Labute approximate surface area is 189 Å². The van der Waals surface area contributed by atoms with Crippen molar-refractivity contribution in [3.63, 3.8) is 0 Å². The zero-order chi connectivity index (χ0) is 20.4. The fourth-order valence-electron chi connectivity index (χ4n) is 2.80. The molecule has 0 radical (unpaired) electrons. The summed E-state index contributed by atoms with van der Waals surface area (Å²) in [5, 5.41) is 26.1. The number of rotatable bonds is 9. The maximum atomic E-state index is 10.1. The number of nitrogens with one attached hydrogen (secondary N) is 2. The van der Waals surface area contributed by atoms with Gasteiger partial charge in [0.15, 0.2) is 0 Å². The van der Waals surface area contributed by atoms with Gasteiger partial charge in [-0.3, -0.25) is 19.8 Å². The minimum absolute atomic E-state index is 0. The smallest absolute Gasteiger partial charge is 0.119 e. The lowest BCUT2D eigenvalue weighted by molar-refractivity contribution is -0.344. The summed E-state index contributed by atoms with van der Waals surface area (Å²) in [5.74, 6) is 0.360. The van der Waals surface area contributed by atoms with Crippen LogP contribution in [0.5, 0.6) is 0 Å². The Morgan fingerprint density at radius 3 is 2.58 bits per heavy atom. The van der Waals surface area contributed by atoms with Gasteiger partial charge in [0.2, 0.25) is 0 Å². The fourth-order valence-corrected chi connectivity index (χ4v) is 2.80. The van der Waals surface area contributed by atoms with Gasteiger partial charge in [-0.15, -0.1) is 0 Å². The summed E-state index contributed by atoms with van der Waals surface area (Å²) in [4.78, 5) is 9.30. The third-order valence-corrected chi connectivity index (χ3v) is 4.41. The van der Waals surface area contributed by atoms with Gasteiger partial charge in [0.1, 0.15) is 12.4 Å². The second-order valence-corrected chi connectivity index (χ2v) is 6.23. The average Bonchev–Trinajstić information content (AvgIpc) is 2.73. The monoisotopic (exact) mass is 435 g/mol. The standard InChI is InChI=1S/C19H27N7O2.3CH4.H2/c1-3-25(15-24-10-8-23-9-11-24)18(19(21)22-2)14-28-26(27)13-17-7-5-4-6-16(17)12-20;;;;/h1,4-7,22-23,27H,8-11,13-15,21H2,2H3;3*1H4;1H/b19-18+;;;;. The summed E-state index contributed by atoms with van der Waals surface area (Å²) in [6.07, 6.45) is 5.70. The van der Waals surface area contributed by atoms with Crippen LogP contribution < -0.4 is 16.4 Å². The van der Waals surface area contributed by atoms with Crippen LogP contribution in [0.2, 0.25) is 0 Å². The zero-order valence-electron chi connectivity index (χ0n) is 16.1. The average molecular weight is 436 g/mol. The molecule has 9 nitrogen and oxygen atoms in total. The molecule has 1 aliphatic rings. The van der Waals surface area contributed by atoms with Crippen molar-refractivity contribution in [2.75, 3.05) is 46.5 Å². The van der Waals surface area contributed by atoms with Crippen molar-refractivity contribution < 1.29 is 11.5 Å². The number of hydrogen-bond acceptors (Lipinski definition) is 9. The number of nitrogens with two attached hydrogens (primary N) is 1. The van der Waals surface area contributed by atoms with Crippen molar-refractivity contribution in [1.29, 1.82) is 5.26 Å². The molecule has 1 heterocycles. The largest absolute Gasteiger partial charge is 0.384 e. The van der Waals surface area contributed by atoms with Crippen LogP contribution in [-0.2, 0) is 11.4 Å². The lowest BCUT2D eigenvalue weighted by Gasteiger charge is -2.33. The topological polar surface area (TPSA) is 113 Å². The summed E-state index contributed by atoms with van der Waals surface area (Å²) in [7, 11) is 1.69. The minimum atomic E-state index is -0.0335. The molecule has 0 aromatic heterocycles. The maximum Gasteiger partial charge on any atom is 0.119 e. The zero-order valence-corrected chi connectivity index (χ0v) is 16.1. The molecule has 1 aromatic carbocycles. The van der Waals surface area contributed by atoms with Gasteiger partial charge in [-0.1, -0.05) is 52.1 Å². The van der Waals surface area contributed by atoms with E-state index in [4.69, 9.17) is 22.3 Å². The Balaban J connectivity index is -0.00000210. The first kappa shape index (κ1) is 30.4. The van der Waals surface area contributed by atoms with E-state index in [1.165, 1.54) is 0 Å². The summed E-state index contributed by atoms with van der Waals surface area (Å²) < 4.78 is 0. The highest BCUT2D eigenvalue weighted by Gasteiger charge is 2.19. The van der Waals surface area contributed by atoms with Crippen molar-refractivity contribution in [3.8, 4) is 18.5 Å². The first-order valence-electron chi connectivity index (χ1n) is 8.99. The molecule has 9 heteroatoms. The molecule has 1 fully saturated rings. The predicted octanol–water partition coefficient (Wildman–Crippen LogP) is 1.94. The molecule has 0 unspecified atom stereocenters. The van der Waals surface area contributed by atoms with Gasteiger partial charge in [-0.25, -0.2) is 0 Å². The van der Waals surface area contributed by atoms with Gasteiger partial charge >= 0.3 is 0 Å². The third-order valence-electron chi connectivity index (χ3n) is 4.41. The Hall–Kier alpha value is -2.79. The number of benzene rings is 1. The second kappa shape index (κ2) is 16.0. The van der Waals surface area contributed by atoms with Crippen molar-refractivity contribution in [3.05, 3.63) is 46.9 Å². The highest BCUT2D eigenvalue weighted by Crippen LogP contribution is 2.12. The first-order valence-corrected chi connectivity index (χ1v) is 8.99. The molecule has 0 atom stereocenters. The number of terminal acetylenes is 1. The molecule has 2 rings (SSSR count). The number of hydrogen-bond donors (Lipinski definition) is 4. The quantitative estimate of drug-likeness (QED) is 0.262. The van der Waals surface area contributed by atoms with E-state index in [9.17, 15) is 5.21 Å². The predicted molar refractivity (Wildman–Crippen MR) is 127 cm³/mol. The molecular weight excluding hydrogens is 394 g/mol. The molecule has 0 saturated carbocycles. The Morgan fingerprint density at radius 2 is 2.00 bits per heavy atom. The molecule has 0 aliphatic carbocycles. The molecule has 1 saturated heterocycles. The molecule has 5 N–H and O–H groups in total. The van der Waals surface area contributed by atoms with Crippen LogP contribution in [0.15, 0.2) is 35.8 Å². The van der Waals surface area contributed by atoms with Crippen LogP contribution in [-0.4, -0.2) is 66.7 Å². The lowest BCUT2D eigenvalue weighted by Crippen LogP contribution is -2.48. The molecule has 176 valence electrons. The van der Waals surface area contributed by atoms with Crippen molar-refractivity contribution in [2.24, 2.45) is 5.73 Å². The first-order chi connectivity index (χ1) is 13.6. The van der Waals surface area contributed by atoms with Crippen LogP contribution in [0, 0.1) is 23.8 Å². The van der Waals surface area contributed by atoms with E-state index >= 15 is 0 Å². The van der Waals surface area contributed by atoms with Gasteiger partial charge in [-0.2, -0.15) is 5.26 Å². The third kappa shape index (κ3) is 9.26. The van der Waals surface area contributed by atoms with E-state index in [1.807, 2.05) is 0 Å². The van der Waals surface area contributed by atoms with Gasteiger partial charge in [0, 0.05) is 40.7 Å². The SMILES string of the molecule is C.C.C.C#CN(CN1CCNCC1)/C(CON(O)Cc1ccccc1C#N)=C(\N)NC.[HH]. The van der Waals surface area contributed by atoms with Gasteiger partial charge in [0.05, 0.1) is 30.5 Å². The summed E-state index contributed by atoms with van der Waals surface area (Å²) in [6, 6.07) is 11.7. The molecule has 0 spiro atoms. The van der Waals surface area contributed by atoms with E-state index in [1.54, 1.807) is 36.2 Å². The Bertz CT molecular complexity index is 755. The van der Waals surface area contributed by atoms with Crippen molar-refractivity contribution in [1.82, 2.24) is 25.7 Å². The van der Waals surface area contributed by atoms with E-state index in [0.29, 0.717) is 34.5 Å². The highest BCUT2D eigenvalue weighted by atomic mass is 16.9. The number of piperazine rings is 1. The Morgan fingerprint density at radius 1 is 1.35 bits per heavy atom. The van der Waals surface area contributed by atoms with Crippen molar-refractivity contribution >= 4 is 0 Å². The van der Waals surface area contributed by atoms with Gasteiger partial charge in [0.25, 0.3) is 0 Å². The minimum Gasteiger partial charge on any atom is -0.384 e. The normalized spacial score (nSPS) is 14.0. The highest BCUT2D eigenvalue weighted by molar-refractivity contribution is 5.36. The Kier molecular flexibility index (Phi) is 15.7. The number of nitriles is 1. The molecule has 0 bridgehead atoms. The molecular formula is C22H41N7O2. The summed E-state index contributed by atoms with van der Waals surface area (Å²) in [6.45, 7) is 4.06. The molecule has 31 heavy (non-hydrogen) atoms. The molecule has 1 aromatic rings. The van der Waals surface area contributed by atoms with Gasteiger partial charge < -0.3 is 16.4 Å². The lowest BCUT2D eigenvalue weighted by atomic mass is 10.1.